The van der Waals surface area contributed by atoms with Gasteiger partial charge < -0.3 is 10.3 Å². The van der Waals surface area contributed by atoms with Crippen LogP contribution in [0, 0.1) is 0 Å². The first-order chi connectivity index (χ1) is 11.2. The summed E-state index contributed by atoms with van der Waals surface area (Å²) in [6.07, 6.45) is 9.91. The summed E-state index contributed by atoms with van der Waals surface area (Å²) in [6, 6.07) is 7.51. The lowest BCUT2D eigenvalue weighted by Gasteiger charge is -2.10. The molecule has 6 nitrogen and oxygen atoms in total. The number of aromatic amines is 1. The quantitative estimate of drug-likeness (QED) is 0.759. The molecule has 1 atom stereocenters. The largest absolute Gasteiger partial charge is 0.347 e. The lowest BCUT2D eigenvalue weighted by molar-refractivity contribution is 0.0931. The summed E-state index contributed by atoms with van der Waals surface area (Å²) in [6.45, 7) is 1.95. The first-order valence-electron chi connectivity index (χ1n) is 7.40. The summed E-state index contributed by atoms with van der Waals surface area (Å²) in [7, 11) is 0. The molecule has 0 aromatic carbocycles. The van der Waals surface area contributed by atoms with Gasteiger partial charge in [-0.2, -0.15) is 0 Å². The van der Waals surface area contributed by atoms with Crippen LogP contribution in [0.15, 0.2) is 48.9 Å². The van der Waals surface area contributed by atoms with Crippen molar-refractivity contribution in [2.75, 3.05) is 0 Å². The van der Waals surface area contributed by atoms with E-state index in [9.17, 15) is 4.79 Å². The maximum atomic E-state index is 12.2. The molecule has 0 saturated carbocycles. The van der Waals surface area contributed by atoms with Gasteiger partial charge in [0, 0.05) is 24.6 Å². The minimum absolute atomic E-state index is 0.00315. The second-order valence-corrected chi connectivity index (χ2v) is 5.26. The molecule has 1 amide bonds. The Hall–Kier alpha value is -3.02. The van der Waals surface area contributed by atoms with E-state index < -0.39 is 0 Å². The topological polar surface area (TPSA) is 83.6 Å². The molecule has 0 fully saturated rings. The third kappa shape index (κ3) is 3.79. The fourth-order valence-electron chi connectivity index (χ4n) is 2.19. The van der Waals surface area contributed by atoms with Crippen LogP contribution in [0.4, 0.5) is 0 Å². The monoisotopic (exact) mass is 307 g/mol. The molecular formula is C17H17N5O. The van der Waals surface area contributed by atoms with Crippen LogP contribution in [0.1, 0.15) is 29.5 Å². The molecular weight excluding hydrogens is 290 g/mol. The van der Waals surface area contributed by atoms with Crippen LogP contribution in [0.2, 0.25) is 0 Å². The Balaban J connectivity index is 1.57. The average Bonchev–Trinajstić information content (AvgIpc) is 3.00. The van der Waals surface area contributed by atoms with Gasteiger partial charge in [-0.3, -0.25) is 9.78 Å². The molecule has 6 heteroatoms. The molecule has 0 bridgehead atoms. The lowest BCUT2D eigenvalue weighted by atomic mass is 10.2. The highest BCUT2D eigenvalue weighted by Crippen LogP contribution is 2.08. The average molecular weight is 307 g/mol. The highest BCUT2D eigenvalue weighted by atomic mass is 16.2. The first kappa shape index (κ1) is 14.9. The predicted molar refractivity (Wildman–Crippen MR) is 88.7 cm³/mol. The number of hydrogen-bond donors (Lipinski definition) is 2. The lowest BCUT2D eigenvalue weighted by Crippen LogP contribution is -2.32. The van der Waals surface area contributed by atoms with Gasteiger partial charge in [-0.1, -0.05) is 18.2 Å². The third-order valence-electron chi connectivity index (χ3n) is 3.33. The number of pyridine rings is 2. The van der Waals surface area contributed by atoms with Gasteiger partial charge in [-0.25, -0.2) is 9.97 Å². The number of carbonyl (C=O) groups excluding carboxylic acids is 1. The van der Waals surface area contributed by atoms with Crippen molar-refractivity contribution in [2.24, 2.45) is 0 Å². The van der Waals surface area contributed by atoms with Gasteiger partial charge in [0.05, 0.1) is 5.52 Å². The molecule has 0 saturated heterocycles. The Morgan fingerprint density at radius 1 is 1.35 bits per heavy atom. The standard InChI is InChI=1S/C17H17N5O/c1-12(5-2-6-13-7-3-9-18-11-13)20-17(23)16-21-14-8-4-10-19-15(14)22-16/h2-4,6-12H,5H2,1H3,(H,20,23)(H,19,21,22)/b6-2+/t12-/m0/s1. The number of aromatic nitrogens is 4. The number of H-pyrrole nitrogens is 1. The molecule has 3 heterocycles. The van der Waals surface area contributed by atoms with Crippen molar-refractivity contribution in [3.63, 3.8) is 0 Å². The van der Waals surface area contributed by atoms with E-state index in [0.29, 0.717) is 5.65 Å². The molecule has 3 rings (SSSR count). The summed E-state index contributed by atoms with van der Waals surface area (Å²) in [4.78, 5) is 27.5. The van der Waals surface area contributed by atoms with Gasteiger partial charge in [0.15, 0.2) is 11.5 Å². The zero-order chi connectivity index (χ0) is 16.1. The second kappa shape index (κ2) is 6.83. The minimum atomic E-state index is -0.231. The van der Waals surface area contributed by atoms with Crippen molar-refractivity contribution in [1.29, 1.82) is 0 Å². The van der Waals surface area contributed by atoms with Crippen molar-refractivity contribution in [1.82, 2.24) is 25.3 Å². The fraction of sp³-hybridized carbons (Fsp3) is 0.176. The van der Waals surface area contributed by atoms with Crippen LogP contribution in [-0.2, 0) is 0 Å². The normalized spacial score (nSPS) is 12.6. The third-order valence-corrected chi connectivity index (χ3v) is 3.33. The highest BCUT2D eigenvalue weighted by molar-refractivity contribution is 5.93. The summed E-state index contributed by atoms with van der Waals surface area (Å²) < 4.78 is 0. The summed E-state index contributed by atoms with van der Waals surface area (Å²) >= 11 is 0. The maximum absolute atomic E-state index is 12.2. The van der Waals surface area contributed by atoms with Crippen LogP contribution in [0.25, 0.3) is 17.2 Å². The number of nitrogens with one attached hydrogen (secondary N) is 2. The van der Waals surface area contributed by atoms with Crippen LogP contribution in [0.5, 0.6) is 0 Å². The van der Waals surface area contributed by atoms with Crippen molar-refractivity contribution < 1.29 is 4.79 Å². The number of amides is 1. The van der Waals surface area contributed by atoms with Gasteiger partial charge in [-0.05, 0) is 37.1 Å². The molecule has 3 aromatic rings. The van der Waals surface area contributed by atoms with Crippen LogP contribution in [0.3, 0.4) is 0 Å². The molecule has 0 aliphatic rings. The molecule has 0 unspecified atom stereocenters. The minimum Gasteiger partial charge on any atom is -0.347 e. The smallest absolute Gasteiger partial charge is 0.287 e. The van der Waals surface area contributed by atoms with Gasteiger partial charge in [-0.15, -0.1) is 0 Å². The van der Waals surface area contributed by atoms with Gasteiger partial charge in [0.25, 0.3) is 5.91 Å². The van der Waals surface area contributed by atoms with Crippen molar-refractivity contribution in [3.8, 4) is 0 Å². The summed E-state index contributed by atoms with van der Waals surface area (Å²) in [5, 5.41) is 2.92. The van der Waals surface area contributed by atoms with E-state index in [2.05, 4.69) is 25.3 Å². The Morgan fingerprint density at radius 2 is 2.22 bits per heavy atom. The number of fused-ring (bicyclic) bond motifs is 1. The van der Waals surface area contributed by atoms with Gasteiger partial charge in [0.1, 0.15) is 0 Å². The zero-order valence-electron chi connectivity index (χ0n) is 12.7. The van der Waals surface area contributed by atoms with E-state index >= 15 is 0 Å². The number of rotatable bonds is 5. The van der Waals surface area contributed by atoms with Crippen molar-refractivity contribution in [3.05, 3.63) is 60.3 Å². The van der Waals surface area contributed by atoms with Crippen molar-refractivity contribution in [2.45, 2.75) is 19.4 Å². The molecule has 3 aromatic heterocycles. The maximum Gasteiger partial charge on any atom is 0.287 e. The van der Waals surface area contributed by atoms with Crippen LogP contribution < -0.4 is 5.32 Å². The second-order valence-electron chi connectivity index (χ2n) is 5.26. The summed E-state index contributed by atoms with van der Waals surface area (Å²) in [5.74, 6) is 0.0482. The van der Waals surface area contributed by atoms with Gasteiger partial charge in [0.2, 0.25) is 0 Å². The highest BCUT2D eigenvalue weighted by Gasteiger charge is 2.13. The van der Waals surface area contributed by atoms with Gasteiger partial charge >= 0.3 is 0 Å². The summed E-state index contributed by atoms with van der Waals surface area (Å²) in [5.41, 5.74) is 2.33. The SMILES string of the molecule is C[C@@H](C/C=C/c1cccnc1)NC(=O)c1nc2ncccc2[nH]1. The zero-order valence-corrected chi connectivity index (χ0v) is 12.7. The molecule has 0 radical (unpaired) electrons. The van der Waals surface area contributed by atoms with Crippen molar-refractivity contribution >= 4 is 23.1 Å². The Kier molecular flexibility index (Phi) is 4.42. The molecule has 23 heavy (non-hydrogen) atoms. The van der Waals surface area contributed by atoms with E-state index in [-0.39, 0.29) is 17.8 Å². The predicted octanol–water partition coefficient (Wildman–Crippen LogP) is 2.57. The van der Waals surface area contributed by atoms with E-state index in [0.717, 1.165) is 17.5 Å². The molecule has 2 N–H and O–H groups in total. The Bertz CT molecular complexity index is 792. The number of carbonyl (C=O) groups is 1. The first-order valence-corrected chi connectivity index (χ1v) is 7.40. The Labute approximate surface area is 133 Å². The Morgan fingerprint density at radius 3 is 3.00 bits per heavy atom. The number of imidazole rings is 1. The van der Waals surface area contributed by atoms with Crippen LogP contribution >= 0.6 is 0 Å². The number of nitrogens with zero attached hydrogens (tertiary/aromatic N) is 3. The molecule has 0 spiro atoms. The fourth-order valence-corrected chi connectivity index (χ4v) is 2.19. The van der Waals surface area contributed by atoms with E-state index in [1.54, 1.807) is 24.7 Å². The molecule has 0 aliphatic heterocycles. The molecule has 116 valence electrons. The molecule has 0 aliphatic carbocycles. The van der Waals surface area contributed by atoms with E-state index in [1.807, 2.05) is 37.3 Å². The number of hydrogen-bond acceptors (Lipinski definition) is 4. The van der Waals surface area contributed by atoms with E-state index in [4.69, 9.17) is 0 Å². The van der Waals surface area contributed by atoms with E-state index in [1.165, 1.54) is 0 Å². The van der Waals surface area contributed by atoms with Crippen LogP contribution in [-0.4, -0.2) is 31.9 Å².